The van der Waals surface area contributed by atoms with Gasteiger partial charge in [-0.1, -0.05) is 26.2 Å². The molecule has 0 unspecified atom stereocenters. The molecule has 2 nitrogen and oxygen atoms in total. The van der Waals surface area contributed by atoms with E-state index in [1.165, 1.54) is 0 Å². The minimum absolute atomic E-state index is 0.182. The van der Waals surface area contributed by atoms with Gasteiger partial charge in [0.2, 0.25) is 0 Å². The topological polar surface area (TPSA) is 26.3 Å². The summed E-state index contributed by atoms with van der Waals surface area (Å²) in [4.78, 5) is 10.9. The molecule has 5 heteroatoms. The zero-order valence-corrected chi connectivity index (χ0v) is 11.6. The lowest BCUT2D eigenvalue weighted by Crippen LogP contribution is -2.36. The van der Waals surface area contributed by atoms with Gasteiger partial charge < -0.3 is 4.74 Å². The first-order valence-electron chi connectivity index (χ1n) is 6.55. The normalized spacial score (nSPS) is 14.2. The van der Waals surface area contributed by atoms with Crippen LogP contribution in [0.25, 0.3) is 0 Å². The molecular weight excluding hydrogens is 257 g/mol. The number of halogens is 3. The van der Waals surface area contributed by atoms with Crippen LogP contribution in [0.2, 0.25) is 0 Å². The first-order valence-corrected chi connectivity index (χ1v) is 6.55. The van der Waals surface area contributed by atoms with Gasteiger partial charge in [-0.2, -0.15) is 13.2 Å². The van der Waals surface area contributed by atoms with Gasteiger partial charge in [-0.05, 0) is 19.3 Å². The summed E-state index contributed by atoms with van der Waals surface area (Å²) in [6.45, 7) is 4.83. The Kier molecular flexibility index (Phi) is 8.29. The zero-order valence-electron chi connectivity index (χ0n) is 11.6. The summed E-state index contributed by atoms with van der Waals surface area (Å²) in [7, 11) is 0. The summed E-state index contributed by atoms with van der Waals surface area (Å²) in [5, 5.41) is 0. The highest BCUT2D eigenvalue weighted by molar-refractivity contribution is 5.66. The average Bonchev–Trinajstić information content (AvgIpc) is 2.28. The molecule has 0 saturated heterocycles. The molecule has 0 N–H and O–H groups in total. The van der Waals surface area contributed by atoms with E-state index in [4.69, 9.17) is 4.74 Å². The minimum atomic E-state index is -4.48. The maximum atomic E-state index is 13.0. The number of esters is 1. The summed E-state index contributed by atoms with van der Waals surface area (Å²) in [5.41, 5.74) is 0. The number of alkyl halides is 3. The fourth-order valence-electron chi connectivity index (χ4n) is 1.60. The summed E-state index contributed by atoms with van der Waals surface area (Å²) >= 11 is 0. The van der Waals surface area contributed by atoms with Crippen molar-refractivity contribution in [3.63, 3.8) is 0 Å². The molecule has 0 aliphatic carbocycles. The maximum absolute atomic E-state index is 13.0. The molecule has 0 saturated carbocycles. The van der Waals surface area contributed by atoms with E-state index in [9.17, 15) is 18.0 Å². The lowest BCUT2D eigenvalue weighted by molar-refractivity contribution is -0.193. The van der Waals surface area contributed by atoms with Crippen molar-refractivity contribution in [1.82, 2.24) is 0 Å². The van der Waals surface area contributed by atoms with Crippen LogP contribution >= 0.6 is 0 Å². The van der Waals surface area contributed by atoms with E-state index in [-0.39, 0.29) is 6.42 Å². The van der Waals surface area contributed by atoms with Crippen molar-refractivity contribution in [2.24, 2.45) is 5.92 Å². The molecule has 110 valence electrons. The zero-order chi connectivity index (χ0) is 14.9. The molecule has 0 radical (unpaired) electrons. The van der Waals surface area contributed by atoms with Gasteiger partial charge >= 0.3 is 12.1 Å². The Morgan fingerprint density at radius 3 is 2.32 bits per heavy atom. The number of unbranched alkanes of at least 4 members (excludes halogenated alkanes) is 2. The van der Waals surface area contributed by atoms with Crippen LogP contribution < -0.4 is 0 Å². The van der Waals surface area contributed by atoms with Gasteiger partial charge in [-0.15, -0.1) is 5.92 Å². The summed E-state index contributed by atoms with van der Waals surface area (Å²) < 4.78 is 43.8. The fourth-order valence-corrected chi connectivity index (χ4v) is 1.60. The van der Waals surface area contributed by atoms with Gasteiger partial charge in [0.25, 0.3) is 0 Å². The molecule has 0 heterocycles. The van der Waals surface area contributed by atoms with Crippen molar-refractivity contribution >= 4 is 5.97 Å². The van der Waals surface area contributed by atoms with Gasteiger partial charge in [0.15, 0.2) is 5.92 Å². The Morgan fingerprint density at radius 1 is 1.26 bits per heavy atom. The molecule has 0 aromatic rings. The summed E-state index contributed by atoms with van der Waals surface area (Å²) in [6.07, 6.45) is -3.08. The van der Waals surface area contributed by atoms with Crippen molar-refractivity contribution in [2.75, 3.05) is 0 Å². The van der Waals surface area contributed by atoms with Crippen molar-refractivity contribution in [3.8, 4) is 11.8 Å². The average molecular weight is 278 g/mol. The monoisotopic (exact) mass is 278 g/mol. The number of ether oxygens (including phenoxy) is 1. The van der Waals surface area contributed by atoms with Crippen LogP contribution in [0.4, 0.5) is 13.2 Å². The Morgan fingerprint density at radius 2 is 1.89 bits per heavy atom. The molecule has 0 aliphatic heterocycles. The van der Waals surface area contributed by atoms with Gasteiger partial charge in [0.05, 0.1) is 0 Å². The van der Waals surface area contributed by atoms with E-state index >= 15 is 0 Å². The van der Waals surface area contributed by atoms with Crippen LogP contribution in [-0.4, -0.2) is 18.2 Å². The summed E-state index contributed by atoms with van der Waals surface area (Å²) in [6, 6.07) is 0. The van der Waals surface area contributed by atoms with Crippen molar-refractivity contribution in [3.05, 3.63) is 0 Å². The molecule has 0 aliphatic rings. The quantitative estimate of drug-likeness (QED) is 0.540. The first-order chi connectivity index (χ1) is 8.82. The Bertz CT molecular complexity index is 326. The predicted molar refractivity (Wildman–Crippen MR) is 67.3 cm³/mol. The van der Waals surface area contributed by atoms with Gasteiger partial charge in [0, 0.05) is 13.3 Å². The third-order valence-corrected chi connectivity index (χ3v) is 2.52. The van der Waals surface area contributed by atoms with Crippen LogP contribution in [0.5, 0.6) is 0 Å². The SMILES string of the molecule is CCCC#C[C@H]([C@H](CCCC)OC(C)=O)C(F)(F)F. The van der Waals surface area contributed by atoms with E-state index in [1.54, 1.807) is 0 Å². The highest BCUT2D eigenvalue weighted by Gasteiger charge is 2.45. The molecule has 19 heavy (non-hydrogen) atoms. The third-order valence-electron chi connectivity index (χ3n) is 2.52. The highest BCUT2D eigenvalue weighted by Crippen LogP contribution is 2.32. The number of carbonyl (C=O) groups is 1. The van der Waals surface area contributed by atoms with Gasteiger partial charge in [0.1, 0.15) is 6.10 Å². The molecule has 0 aromatic carbocycles. The molecule has 2 atom stereocenters. The maximum Gasteiger partial charge on any atom is 0.405 e. The van der Waals surface area contributed by atoms with Crippen LogP contribution in [0, 0.1) is 17.8 Å². The standard InChI is InChI=1S/C14H21F3O2/c1-4-6-8-9-12(14(15,16)17)13(10-7-5-2)19-11(3)18/h12-13H,4-7,10H2,1-3H3/t12-,13+/m1/s1. The van der Waals surface area contributed by atoms with E-state index in [0.717, 1.165) is 13.3 Å². The van der Waals surface area contributed by atoms with E-state index in [0.29, 0.717) is 19.3 Å². The van der Waals surface area contributed by atoms with Crippen LogP contribution in [0.1, 0.15) is 52.9 Å². The van der Waals surface area contributed by atoms with Gasteiger partial charge in [-0.25, -0.2) is 0 Å². The molecule has 0 rings (SSSR count). The van der Waals surface area contributed by atoms with Gasteiger partial charge in [-0.3, -0.25) is 4.79 Å². The third kappa shape index (κ3) is 7.76. The van der Waals surface area contributed by atoms with E-state index < -0.39 is 24.2 Å². The number of hydrogen-bond acceptors (Lipinski definition) is 2. The minimum Gasteiger partial charge on any atom is -0.461 e. The molecule has 0 bridgehead atoms. The Balaban J connectivity index is 5.01. The second kappa shape index (κ2) is 8.84. The van der Waals surface area contributed by atoms with Crippen LogP contribution in [0.15, 0.2) is 0 Å². The molecule has 0 fully saturated rings. The fraction of sp³-hybridized carbons (Fsp3) is 0.786. The second-order valence-corrected chi connectivity index (χ2v) is 4.38. The summed E-state index contributed by atoms with van der Waals surface area (Å²) in [5.74, 6) is 2.14. The molecular formula is C14H21F3O2. The van der Waals surface area contributed by atoms with E-state index in [1.807, 2.05) is 13.8 Å². The Labute approximate surface area is 112 Å². The number of carbonyl (C=O) groups excluding carboxylic acids is 1. The number of hydrogen-bond donors (Lipinski definition) is 0. The first kappa shape index (κ1) is 17.8. The molecule has 0 spiro atoms. The number of rotatable bonds is 6. The van der Waals surface area contributed by atoms with Crippen LogP contribution in [0.3, 0.4) is 0 Å². The van der Waals surface area contributed by atoms with Crippen molar-refractivity contribution in [2.45, 2.75) is 65.2 Å². The lowest BCUT2D eigenvalue weighted by Gasteiger charge is -2.24. The molecule has 0 amide bonds. The van der Waals surface area contributed by atoms with Crippen LogP contribution in [-0.2, 0) is 9.53 Å². The lowest BCUT2D eigenvalue weighted by atomic mass is 9.97. The highest BCUT2D eigenvalue weighted by atomic mass is 19.4. The van der Waals surface area contributed by atoms with E-state index in [2.05, 4.69) is 11.8 Å². The van der Waals surface area contributed by atoms with Crippen molar-refractivity contribution < 1.29 is 22.7 Å². The molecule has 0 aromatic heterocycles. The Hall–Kier alpha value is -1.18. The largest absolute Gasteiger partial charge is 0.461 e. The predicted octanol–water partition coefficient (Wildman–Crippen LogP) is 4.09. The van der Waals surface area contributed by atoms with Crippen molar-refractivity contribution in [1.29, 1.82) is 0 Å². The smallest absolute Gasteiger partial charge is 0.405 e. The second-order valence-electron chi connectivity index (χ2n) is 4.38.